The van der Waals surface area contributed by atoms with Crippen molar-refractivity contribution in [2.24, 2.45) is 0 Å². The van der Waals surface area contributed by atoms with Crippen LogP contribution in [0, 0.1) is 0 Å². The Bertz CT molecular complexity index is 547. The fourth-order valence-corrected chi connectivity index (χ4v) is 5.29. The van der Waals surface area contributed by atoms with E-state index in [4.69, 9.17) is 0 Å². The number of amides is 3. The summed E-state index contributed by atoms with van der Waals surface area (Å²) in [5.41, 5.74) is 0. The van der Waals surface area contributed by atoms with Gasteiger partial charge in [0, 0.05) is 25.7 Å². The van der Waals surface area contributed by atoms with Gasteiger partial charge in [-0.05, 0) is 32.1 Å². The van der Waals surface area contributed by atoms with Crippen LogP contribution in [-0.2, 0) is 14.8 Å². The Kier molecular flexibility index (Phi) is 4.15. The molecule has 3 amide bonds. The second kappa shape index (κ2) is 5.81. The predicted molar refractivity (Wildman–Crippen MR) is 80.6 cm³/mol. The number of urea groups is 1. The highest BCUT2D eigenvalue weighted by Crippen LogP contribution is 2.31. The largest absolute Gasteiger partial charge is 0.327 e. The number of hydrogen-bond acceptors (Lipinski definition) is 4. The van der Waals surface area contributed by atoms with Crippen LogP contribution in [0.25, 0.3) is 0 Å². The number of sulfonamides is 1. The van der Waals surface area contributed by atoms with Crippen molar-refractivity contribution in [1.82, 2.24) is 14.1 Å². The van der Waals surface area contributed by atoms with E-state index >= 15 is 0 Å². The summed E-state index contributed by atoms with van der Waals surface area (Å²) in [7, 11) is -3.19. The highest BCUT2D eigenvalue weighted by atomic mass is 32.2. The summed E-state index contributed by atoms with van der Waals surface area (Å²) in [4.78, 5) is 27.9. The molecule has 0 aromatic heterocycles. The minimum Gasteiger partial charge on any atom is -0.312 e. The number of carbonyl (C=O) groups excluding carboxylic acids is 2. The van der Waals surface area contributed by atoms with Crippen molar-refractivity contribution >= 4 is 22.0 Å². The molecule has 0 aliphatic carbocycles. The molecule has 0 spiro atoms. The third kappa shape index (κ3) is 2.52. The van der Waals surface area contributed by atoms with Crippen molar-refractivity contribution in [2.45, 2.75) is 51.1 Å². The molecule has 0 unspecified atom stereocenters. The topological polar surface area (TPSA) is 78.0 Å². The predicted octanol–water partition coefficient (Wildman–Crippen LogP) is 0.617. The summed E-state index contributed by atoms with van der Waals surface area (Å²) < 4.78 is 25.6. The lowest BCUT2D eigenvalue weighted by atomic mass is 10.0. The number of nitrogens with zero attached hydrogens (tertiary/aromatic N) is 3. The van der Waals surface area contributed by atoms with Gasteiger partial charge in [0.2, 0.25) is 10.0 Å². The fourth-order valence-electron chi connectivity index (χ4n) is 3.75. The van der Waals surface area contributed by atoms with Crippen LogP contribution < -0.4 is 0 Å². The Morgan fingerprint density at radius 1 is 1.09 bits per heavy atom. The number of fused-ring (bicyclic) bond motifs is 1. The van der Waals surface area contributed by atoms with Crippen LogP contribution in [0.3, 0.4) is 0 Å². The van der Waals surface area contributed by atoms with Crippen molar-refractivity contribution in [3.63, 3.8) is 0 Å². The molecule has 1 atom stereocenters. The van der Waals surface area contributed by atoms with Crippen LogP contribution in [0.5, 0.6) is 0 Å². The fraction of sp³-hybridized carbons (Fsp3) is 0.857. The maximum Gasteiger partial charge on any atom is 0.327 e. The van der Waals surface area contributed by atoms with Crippen LogP contribution in [-0.4, -0.2) is 71.9 Å². The van der Waals surface area contributed by atoms with E-state index in [1.165, 1.54) is 9.21 Å². The molecule has 0 bridgehead atoms. The molecular formula is C14H23N3O4S. The van der Waals surface area contributed by atoms with Crippen LogP contribution in [0.1, 0.15) is 39.0 Å². The van der Waals surface area contributed by atoms with E-state index in [2.05, 4.69) is 0 Å². The summed E-state index contributed by atoms with van der Waals surface area (Å²) in [6.07, 6.45) is 3.33. The van der Waals surface area contributed by atoms with Crippen LogP contribution in [0.15, 0.2) is 0 Å². The van der Waals surface area contributed by atoms with Gasteiger partial charge in [0.25, 0.3) is 5.91 Å². The molecular weight excluding hydrogens is 306 g/mol. The monoisotopic (exact) mass is 329 g/mol. The van der Waals surface area contributed by atoms with Crippen molar-refractivity contribution in [2.75, 3.05) is 25.4 Å². The van der Waals surface area contributed by atoms with Gasteiger partial charge in [-0.25, -0.2) is 17.5 Å². The average Bonchev–Trinajstić information content (AvgIpc) is 3.04. The Morgan fingerprint density at radius 2 is 1.77 bits per heavy atom. The van der Waals surface area contributed by atoms with Gasteiger partial charge in [0.05, 0.1) is 5.75 Å². The minimum atomic E-state index is -3.19. The number of hydrogen-bond donors (Lipinski definition) is 0. The molecule has 3 aliphatic heterocycles. The van der Waals surface area contributed by atoms with E-state index in [-0.39, 0.29) is 29.8 Å². The lowest BCUT2D eigenvalue weighted by molar-refractivity contribution is -0.129. The van der Waals surface area contributed by atoms with Crippen LogP contribution in [0.4, 0.5) is 4.79 Å². The number of rotatable bonds is 4. The van der Waals surface area contributed by atoms with Gasteiger partial charge in [-0.1, -0.05) is 6.92 Å². The van der Waals surface area contributed by atoms with E-state index in [1.807, 2.05) is 6.92 Å². The van der Waals surface area contributed by atoms with E-state index < -0.39 is 10.0 Å². The standard InChI is InChI=1S/C14H23N3O4S/c1-2-10-22(20,21)15-8-5-11(6-9-15)17-13(18)12-4-3-7-16(12)14(17)19/h11-12H,2-10H2,1H3/t12-/m0/s1. The maximum atomic E-state index is 12.4. The second-order valence-corrected chi connectivity index (χ2v) is 8.38. The quantitative estimate of drug-likeness (QED) is 0.708. The van der Waals surface area contributed by atoms with Gasteiger partial charge in [-0.3, -0.25) is 9.69 Å². The zero-order valence-electron chi connectivity index (χ0n) is 12.9. The molecule has 22 heavy (non-hydrogen) atoms. The molecule has 0 saturated carbocycles. The highest BCUT2D eigenvalue weighted by Gasteiger charge is 2.50. The van der Waals surface area contributed by atoms with E-state index in [0.717, 1.165) is 12.8 Å². The molecule has 3 saturated heterocycles. The first kappa shape index (κ1) is 15.7. The van der Waals surface area contributed by atoms with E-state index in [1.54, 1.807) is 4.90 Å². The summed E-state index contributed by atoms with van der Waals surface area (Å²) >= 11 is 0. The SMILES string of the molecule is CCCS(=O)(=O)N1CCC(N2C(=O)[C@@H]3CCCN3C2=O)CC1. The van der Waals surface area contributed by atoms with Gasteiger partial charge in [-0.2, -0.15) is 0 Å². The molecule has 3 heterocycles. The van der Waals surface area contributed by atoms with Crippen molar-refractivity contribution in [1.29, 1.82) is 0 Å². The molecule has 0 aromatic rings. The Labute approximate surface area is 131 Å². The van der Waals surface area contributed by atoms with Crippen molar-refractivity contribution in [3.05, 3.63) is 0 Å². The van der Waals surface area contributed by atoms with Crippen molar-refractivity contribution in [3.8, 4) is 0 Å². The molecule has 0 radical (unpaired) electrons. The Morgan fingerprint density at radius 3 is 2.36 bits per heavy atom. The highest BCUT2D eigenvalue weighted by molar-refractivity contribution is 7.89. The number of imide groups is 1. The molecule has 3 aliphatic rings. The van der Waals surface area contributed by atoms with Gasteiger partial charge >= 0.3 is 6.03 Å². The average molecular weight is 329 g/mol. The van der Waals surface area contributed by atoms with Crippen molar-refractivity contribution < 1.29 is 18.0 Å². The molecule has 0 N–H and O–H groups in total. The van der Waals surface area contributed by atoms with Gasteiger partial charge in [0.1, 0.15) is 6.04 Å². The van der Waals surface area contributed by atoms with Crippen LogP contribution in [0.2, 0.25) is 0 Å². The third-order valence-electron chi connectivity index (χ3n) is 4.87. The molecule has 8 heteroatoms. The lowest BCUT2D eigenvalue weighted by Gasteiger charge is -2.35. The number of piperidine rings is 1. The maximum absolute atomic E-state index is 12.4. The molecule has 124 valence electrons. The molecule has 3 rings (SSSR count). The third-order valence-corrected chi connectivity index (χ3v) is 6.95. The summed E-state index contributed by atoms with van der Waals surface area (Å²) in [5, 5.41) is 0. The van der Waals surface area contributed by atoms with Gasteiger partial charge in [-0.15, -0.1) is 0 Å². The summed E-state index contributed by atoms with van der Waals surface area (Å²) in [5.74, 6) is 0.0760. The van der Waals surface area contributed by atoms with Gasteiger partial charge < -0.3 is 4.90 Å². The first-order valence-electron chi connectivity index (χ1n) is 8.07. The van der Waals surface area contributed by atoms with Crippen LogP contribution >= 0.6 is 0 Å². The van der Waals surface area contributed by atoms with Gasteiger partial charge in [0.15, 0.2) is 0 Å². The Hall–Kier alpha value is -1.15. The molecule has 7 nitrogen and oxygen atoms in total. The first-order valence-corrected chi connectivity index (χ1v) is 9.68. The Balaban J connectivity index is 1.65. The van der Waals surface area contributed by atoms with E-state index in [9.17, 15) is 18.0 Å². The smallest absolute Gasteiger partial charge is 0.312 e. The summed E-state index contributed by atoms with van der Waals surface area (Å²) in [6, 6.07) is -0.601. The normalized spacial score (nSPS) is 27.8. The zero-order valence-corrected chi connectivity index (χ0v) is 13.7. The second-order valence-electron chi connectivity index (χ2n) is 6.29. The molecule has 3 fully saturated rings. The molecule has 0 aromatic carbocycles. The lowest BCUT2D eigenvalue weighted by Crippen LogP contribution is -2.49. The number of carbonyl (C=O) groups is 2. The minimum absolute atomic E-state index is 0.0858. The zero-order chi connectivity index (χ0) is 15.9. The van der Waals surface area contributed by atoms with E-state index in [0.29, 0.717) is 38.9 Å². The summed E-state index contributed by atoms with van der Waals surface area (Å²) in [6.45, 7) is 3.30. The first-order chi connectivity index (χ1) is 10.5.